The zero-order valence-electron chi connectivity index (χ0n) is 7.44. The van der Waals surface area contributed by atoms with E-state index in [4.69, 9.17) is 5.41 Å². The number of nitrogens with one attached hydrogen (secondary N) is 1. The van der Waals surface area contributed by atoms with Crippen LogP contribution in [-0.2, 0) is 0 Å². The van der Waals surface area contributed by atoms with Gasteiger partial charge in [0.2, 0.25) is 0 Å². The number of benzene rings is 1. The van der Waals surface area contributed by atoms with Crippen LogP contribution >= 0.6 is 15.9 Å². The molecule has 0 heterocycles. The molecule has 2 nitrogen and oxygen atoms in total. The Balaban J connectivity index is 3.08. The monoisotopic (exact) mass is 244 g/mol. The van der Waals surface area contributed by atoms with Crippen molar-refractivity contribution in [3.05, 3.63) is 34.1 Å². The molecule has 0 aliphatic carbocycles. The molecule has 0 amide bonds. The van der Waals surface area contributed by atoms with E-state index in [-0.39, 0.29) is 5.82 Å². The molecule has 0 saturated carbocycles. The first-order valence-corrected chi connectivity index (χ1v) is 4.52. The third-order valence-corrected chi connectivity index (χ3v) is 2.04. The Morgan fingerprint density at radius 1 is 1.38 bits per heavy atom. The normalized spacial score (nSPS) is 9.85. The van der Waals surface area contributed by atoms with Crippen molar-refractivity contribution in [3.63, 3.8) is 0 Å². The van der Waals surface area contributed by atoms with Crippen LogP contribution in [0.3, 0.4) is 0 Å². The molecule has 0 atom stereocenters. The summed E-state index contributed by atoms with van der Waals surface area (Å²) in [7, 11) is 3.50. The van der Waals surface area contributed by atoms with Crippen LogP contribution in [0.2, 0.25) is 0 Å². The first-order valence-electron chi connectivity index (χ1n) is 3.73. The minimum atomic E-state index is -0.337. The molecule has 1 aromatic rings. The van der Waals surface area contributed by atoms with Gasteiger partial charge in [0.1, 0.15) is 11.7 Å². The molecular weight excluding hydrogens is 235 g/mol. The van der Waals surface area contributed by atoms with E-state index in [2.05, 4.69) is 15.9 Å². The number of amidine groups is 1. The average Bonchev–Trinajstić information content (AvgIpc) is 2.01. The van der Waals surface area contributed by atoms with Gasteiger partial charge in [-0.05, 0) is 18.2 Å². The third kappa shape index (κ3) is 2.52. The lowest BCUT2D eigenvalue weighted by atomic mass is 10.2. The largest absolute Gasteiger partial charge is 0.363 e. The van der Waals surface area contributed by atoms with E-state index in [0.717, 1.165) is 0 Å². The fraction of sp³-hybridized carbons (Fsp3) is 0.222. The molecule has 0 bridgehead atoms. The predicted octanol–water partition coefficient (Wildman–Crippen LogP) is 2.48. The summed E-state index contributed by atoms with van der Waals surface area (Å²) in [5.41, 5.74) is 0.567. The quantitative estimate of drug-likeness (QED) is 0.597. The zero-order chi connectivity index (χ0) is 10.0. The summed E-state index contributed by atoms with van der Waals surface area (Å²) in [6, 6.07) is 4.42. The first-order chi connectivity index (χ1) is 6.00. The first kappa shape index (κ1) is 10.2. The van der Waals surface area contributed by atoms with Gasteiger partial charge in [0, 0.05) is 24.1 Å². The van der Waals surface area contributed by atoms with Gasteiger partial charge in [-0.2, -0.15) is 0 Å². The third-order valence-electron chi connectivity index (χ3n) is 1.58. The van der Waals surface area contributed by atoms with Crippen LogP contribution in [0.4, 0.5) is 4.39 Å². The van der Waals surface area contributed by atoms with Crippen LogP contribution in [0.1, 0.15) is 5.56 Å². The van der Waals surface area contributed by atoms with Crippen molar-refractivity contribution in [2.45, 2.75) is 0 Å². The second kappa shape index (κ2) is 3.87. The van der Waals surface area contributed by atoms with Gasteiger partial charge in [-0.1, -0.05) is 15.9 Å². The van der Waals surface area contributed by atoms with Gasteiger partial charge in [0.05, 0.1) is 0 Å². The molecule has 1 rings (SSSR count). The SMILES string of the molecule is CN(C)C(=N)c1cc(F)cc(Br)c1. The van der Waals surface area contributed by atoms with Gasteiger partial charge in [0.25, 0.3) is 0 Å². The van der Waals surface area contributed by atoms with Crippen LogP contribution in [-0.4, -0.2) is 24.8 Å². The van der Waals surface area contributed by atoms with Crippen molar-refractivity contribution in [2.75, 3.05) is 14.1 Å². The maximum atomic E-state index is 12.9. The topological polar surface area (TPSA) is 27.1 Å². The second-order valence-corrected chi connectivity index (χ2v) is 3.82. The van der Waals surface area contributed by atoms with Crippen LogP contribution < -0.4 is 0 Å². The lowest BCUT2D eigenvalue weighted by molar-refractivity contribution is 0.611. The molecule has 0 aromatic heterocycles. The van der Waals surface area contributed by atoms with Crippen LogP contribution in [0.5, 0.6) is 0 Å². The lowest BCUT2D eigenvalue weighted by Crippen LogP contribution is -2.21. The molecule has 1 aromatic carbocycles. The molecule has 0 saturated heterocycles. The van der Waals surface area contributed by atoms with E-state index in [0.29, 0.717) is 15.9 Å². The number of nitrogens with zero attached hydrogens (tertiary/aromatic N) is 1. The van der Waals surface area contributed by atoms with Gasteiger partial charge in [-0.3, -0.25) is 5.41 Å². The molecule has 0 unspecified atom stereocenters. The van der Waals surface area contributed by atoms with E-state index < -0.39 is 0 Å². The molecule has 0 aliphatic heterocycles. The molecule has 4 heteroatoms. The highest BCUT2D eigenvalue weighted by atomic mass is 79.9. The highest BCUT2D eigenvalue weighted by Crippen LogP contribution is 2.15. The highest BCUT2D eigenvalue weighted by Gasteiger charge is 2.05. The minimum Gasteiger partial charge on any atom is -0.363 e. The fourth-order valence-electron chi connectivity index (χ4n) is 0.949. The Hall–Kier alpha value is -0.900. The van der Waals surface area contributed by atoms with Crippen LogP contribution in [0.25, 0.3) is 0 Å². The van der Waals surface area contributed by atoms with Crippen LogP contribution in [0.15, 0.2) is 22.7 Å². The molecule has 1 N–H and O–H groups in total. The van der Waals surface area contributed by atoms with E-state index >= 15 is 0 Å². The standard InChI is InChI=1S/C9H10BrFN2/c1-13(2)9(12)6-3-7(10)5-8(11)4-6/h3-5,12H,1-2H3. The van der Waals surface area contributed by atoms with Crippen LogP contribution in [0, 0.1) is 11.2 Å². The Bertz CT molecular complexity index is 316. The van der Waals surface area contributed by atoms with Crippen molar-refractivity contribution in [2.24, 2.45) is 0 Å². The van der Waals surface area contributed by atoms with Gasteiger partial charge in [-0.25, -0.2) is 4.39 Å². The van der Waals surface area contributed by atoms with Crippen molar-refractivity contribution in [1.82, 2.24) is 4.90 Å². The van der Waals surface area contributed by atoms with E-state index in [9.17, 15) is 4.39 Å². The Labute approximate surface area is 85.0 Å². The minimum absolute atomic E-state index is 0.292. The molecule has 0 aliphatic rings. The average molecular weight is 245 g/mol. The van der Waals surface area contributed by atoms with Gasteiger partial charge in [0.15, 0.2) is 0 Å². The van der Waals surface area contributed by atoms with Gasteiger partial charge in [-0.15, -0.1) is 0 Å². The maximum absolute atomic E-state index is 12.9. The molecule has 13 heavy (non-hydrogen) atoms. The lowest BCUT2D eigenvalue weighted by Gasteiger charge is -2.13. The summed E-state index contributed by atoms with van der Waals surface area (Å²) in [6.45, 7) is 0. The maximum Gasteiger partial charge on any atom is 0.127 e. The summed E-state index contributed by atoms with van der Waals surface area (Å²) in [4.78, 5) is 1.63. The fourth-order valence-corrected chi connectivity index (χ4v) is 1.41. The van der Waals surface area contributed by atoms with Crippen molar-refractivity contribution < 1.29 is 4.39 Å². The number of halogens is 2. The van der Waals surface area contributed by atoms with E-state index in [1.165, 1.54) is 12.1 Å². The summed E-state index contributed by atoms with van der Waals surface area (Å²) in [5.74, 6) is -0.0452. The van der Waals surface area contributed by atoms with Crippen molar-refractivity contribution in [3.8, 4) is 0 Å². The number of hydrogen-bond acceptors (Lipinski definition) is 1. The van der Waals surface area contributed by atoms with E-state index in [1.807, 2.05) is 0 Å². The molecular formula is C9H10BrFN2. The Kier molecular flexibility index (Phi) is 3.03. The van der Waals surface area contributed by atoms with Crippen molar-refractivity contribution >= 4 is 21.8 Å². The number of hydrogen-bond donors (Lipinski definition) is 1. The highest BCUT2D eigenvalue weighted by molar-refractivity contribution is 9.10. The zero-order valence-corrected chi connectivity index (χ0v) is 9.02. The smallest absolute Gasteiger partial charge is 0.127 e. The Morgan fingerprint density at radius 3 is 2.46 bits per heavy atom. The Morgan fingerprint density at radius 2 is 2.00 bits per heavy atom. The number of rotatable bonds is 1. The molecule has 70 valence electrons. The molecule has 0 radical (unpaired) electrons. The summed E-state index contributed by atoms with van der Waals surface area (Å²) in [5, 5.41) is 7.62. The summed E-state index contributed by atoms with van der Waals surface area (Å²) >= 11 is 3.18. The summed E-state index contributed by atoms with van der Waals surface area (Å²) in [6.07, 6.45) is 0. The predicted molar refractivity (Wildman–Crippen MR) is 54.6 cm³/mol. The van der Waals surface area contributed by atoms with E-state index in [1.54, 1.807) is 25.1 Å². The molecule has 0 spiro atoms. The van der Waals surface area contributed by atoms with Crippen molar-refractivity contribution in [1.29, 1.82) is 5.41 Å². The second-order valence-electron chi connectivity index (χ2n) is 2.90. The van der Waals surface area contributed by atoms with Gasteiger partial charge < -0.3 is 4.90 Å². The van der Waals surface area contributed by atoms with Gasteiger partial charge >= 0.3 is 0 Å². The summed E-state index contributed by atoms with van der Waals surface area (Å²) < 4.78 is 13.6. The molecule has 0 fully saturated rings.